The summed E-state index contributed by atoms with van der Waals surface area (Å²) in [6.45, 7) is 0.0230. The third kappa shape index (κ3) is 6.45. The summed E-state index contributed by atoms with van der Waals surface area (Å²) in [5.41, 5.74) is 4.37. The molecule has 1 aliphatic carbocycles. The molecule has 1 atom stereocenters. The van der Waals surface area contributed by atoms with Crippen LogP contribution in [0.25, 0.3) is 11.1 Å². The summed E-state index contributed by atoms with van der Waals surface area (Å²) in [6, 6.07) is 35.2. The second-order valence-electron chi connectivity index (χ2n) is 12.4. The summed E-state index contributed by atoms with van der Waals surface area (Å²) < 4.78 is 54.2. The molecule has 0 radical (unpaired) electrons. The highest BCUT2D eigenvalue weighted by molar-refractivity contribution is 7.89. The normalized spacial score (nSPS) is 15.6. The van der Waals surface area contributed by atoms with Crippen LogP contribution in [0.2, 0.25) is 0 Å². The monoisotopic (exact) mass is 692 g/mol. The zero-order valence-corrected chi connectivity index (χ0v) is 27.6. The molecule has 0 saturated carbocycles. The van der Waals surface area contributed by atoms with Crippen molar-refractivity contribution in [1.29, 1.82) is 0 Å². The first-order valence-corrected chi connectivity index (χ1v) is 17.5. The van der Waals surface area contributed by atoms with E-state index in [1.807, 2.05) is 78.9 Å². The highest BCUT2D eigenvalue weighted by Gasteiger charge is 2.52. The molecule has 0 aromatic heterocycles. The van der Waals surface area contributed by atoms with Crippen LogP contribution >= 0.6 is 0 Å². The summed E-state index contributed by atoms with van der Waals surface area (Å²) >= 11 is 0. The van der Waals surface area contributed by atoms with Crippen molar-refractivity contribution in [1.82, 2.24) is 9.62 Å². The van der Waals surface area contributed by atoms with E-state index in [-0.39, 0.29) is 36.9 Å². The van der Waals surface area contributed by atoms with Gasteiger partial charge in [0.05, 0.1) is 18.0 Å². The lowest BCUT2D eigenvalue weighted by molar-refractivity contribution is -0.139. The number of aliphatic carboxylic acids is 1. The van der Waals surface area contributed by atoms with Gasteiger partial charge < -0.3 is 19.9 Å². The molecule has 254 valence electrons. The second-order valence-corrected chi connectivity index (χ2v) is 14.3. The molecule has 5 aromatic rings. The van der Waals surface area contributed by atoms with E-state index in [2.05, 4.69) is 5.32 Å². The minimum absolute atomic E-state index is 0.00203. The van der Waals surface area contributed by atoms with Gasteiger partial charge in [-0.1, -0.05) is 91.0 Å². The number of sulfonamides is 1. The number of rotatable bonds is 11. The van der Waals surface area contributed by atoms with Gasteiger partial charge in [-0.15, -0.1) is 0 Å². The van der Waals surface area contributed by atoms with Gasteiger partial charge in [0.2, 0.25) is 10.0 Å². The lowest BCUT2D eigenvalue weighted by Crippen LogP contribution is -2.64. The number of carbonyl (C=O) groups excluding carboxylic acids is 1. The molecule has 7 rings (SSSR count). The maximum atomic E-state index is 13.8. The van der Waals surface area contributed by atoms with Crippen molar-refractivity contribution in [2.45, 2.75) is 28.9 Å². The van der Waals surface area contributed by atoms with E-state index >= 15 is 0 Å². The van der Waals surface area contributed by atoms with Crippen LogP contribution in [0.1, 0.15) is 28.2 Å². The molecule has 1 heterocycles. The molecule has 11 heteroatoms. The Morgan fingerprint density at radius 1 is 0.840 bits per heavy atom. The number of hydrogen-bond donors (Lipinski definition) is 2. The number of carboxylic acids is 1. The van der Waals surface area contributed by atoms with Gasteiger partial charge >= 0.3 is 12.1 Å². The number of carboxylic acid groups (broad SMARTS) is 1. The van der Waals surface area contributed by atoms with Gasteiger partial charge in [0.1, 0.15) is 24.2 Å². The Balaban J connectivity index is 1.02. The highest BCUT2D eigenvalue weighted by atomic mass is 32.2. The summed E-state index contributed by atoms with van der Waals surface area (Å²) in [4.78, 5) is 25.1. The average Bonchev–Trinajstić information content (AvgIpc) is 3.43. The third-order valence-corrected chi connectivity index (χ3v) is 11.0. The molecule has 0 unspecified atom stereocenters. The largest absolute Gasteiger partial charge is 0.480 e. The standard InChI is InChI=1S/C39H33FN2O7S/c40-28-17-19-29(20-18-28)49-39(27-10-2-1-3-11-27)24-42(25-39)50(46,47)30-12-8-9-26(21-30)22-36(37(43)44)41-38(45)48-23-35-33-15-6-4-13-31(33)32-14-5-7-16-34(32)35/h1-21,35-36H,22-25H2,(H,41,45)(H,43,44)/t36-/m0/s1. The first-order chi connectivity index (χ1) is 24.1. The van der Waals surface area contributed by atoms with Crippen molar-refractivity contribution in [3.05, 3.63) is 155 Å². The van der Waals surface area contributed by atoms with Crippen LogP contribution in [0.4, 0.5) is 9.18 Å². The lowest BCUT2D eigenvalue weighted by Gasteiger charge is -2.48. The molecule has 50 heavy (non-hydrogen) atoms. The van der Waals surface area contributed by atoms with Crippen LogP contribution in [-0.4, -0.2) is 55.6 Å². The zero-order valence-electron chi connectivity index (χ0n) is 26.7. The van der Waals surface area contributed by atoms with E-state index in [0.717, 1.165) is 27.8 Å². The second kappa shape index (κ2) is 13.4. The Hall–Kier alpha value is -5.52. The third-order valence-electron chi connectivity index (χ3n) is 9.20. The maximum absolute atomic E-state index is 13.8. The number of alkyl carbamates (subject to hydrolysis) is 1. The van der Waals surface area contributed by atoms with Crippen LogP contribution in [0, 0.1) is 5.82 Å². The van der Waals surface area contributed by atoms with Crippen molar-refractivity contribution >= 4 is 22.1 Å². The number of carbonyl (C=O) groups is 2. The highest BCUT2D eigenvalue weighted by Crippen LogP contribution is 2.44. The molecular weight excluding hydrogens is 660 g/mol. The van der Waals surface area contributed by atoms with Crippen molar-refractivity contribution in [2.24, 2.45) is 0 Å². The number of hydrogen-bond acceptors (Lipinski definition) is 6. The smallest absolute Gasteiger partial charge is 0.407 e. The lowest BCUT2D eigenvalue weighted by atomic mass is 9.87. The van der Waals surface area contributed by atoms with Crippen molar-refractivity contribution in [3.8, 4) is 16.9 Å². The molecular formula is C39H33FN2O7S. The Labute approximate surface area is 289 Å². The number of nitrogens with zero attached hydrogens (tertiary/aromatic N) is 1. The van der Waals surface area contributed by atoms with Crippen molar-refractivity contribution < 1.29 is 37.0 Å². The van der Waals surface area contributed by atoms with Crippen LogP contribution < -0.4 is 10.1 Å². The zero-order chi connectivity index (χ0) is 34.9. The number of fused-ring (bicyclic) bond motifs is 3. The molecule has 2 aliphatic rings. The number of ether oxygens (including phenoxy) is 2. The number of halogens is 1. The maximum Gasteiger partial charge on any atom is 0.407 e. The fourth-order valence-corrected chi connectivity index (χ4v) is 8.28. The quantitative estimate of drug-likeness (QED) is 0.166. The van der Waals surface area contributed by atoms with E-state index in [1.165, 1.54) is 46.8 Å². The Morgan fingerprint density at radius 2 is 1.46 bits per heavy atom. The Bertz CT molecular complexity index is 2110. The van der Waals surface area contributed by atoms with Gasteiger partial charge in [-0.25, -0.2) is 22.4 Å². The number of amides is 1. The van der Waals surface area contributed by atoms with E-state index in [0.29, 0.717) is 11.3 Å². The van der Waals surface area contributed by atoms with Crippen LogP contribution in [0.15, 0.2) is 132 Å². The molecule has 9 nitrogen and oxygen atoms in total. The summed E-state index contributed by atoms with van der Waals surface area (Å²) in [6.07, 6.45) is -1.06. The van der Waals surface area contributed by atoms with Crippen molar-refractivity contribution in [2.75, 3.05) is 19.7 Å². The van der Waals surface area contributed by atoms with E-state index in [1.54, 1.807) is 6.07 Å². The van der Waals surface area contributed by atoms with Gasteiger partial charge in [-0.05, 0) is 69.8 Å². The minimum Gasteiger partial charge on any atom is -0.480 e. The summed E-state index contributed by atoms with van der Waals surface area (Å²) in [5.74, 6) is -1.50. The minimum atomic E-state index is -4.01. The number of benzene rings is 5. The molecule has 5 aromatic carbocycles. The molecule has 0 spiro atoms. The SMILES string of the molecule is O=C(N[C@@H](Cc1cccc(S(=O)(=O)N2CC(Oc3ccc(F)cc3)(c3ccccc3)C2)c1)C(=O)O)OCC1c2ccccc2-c2ccccc21. The van der Waals surface area contributed by atoms with E-state index in [9.17, 15) is 27.5 Å². The molecule has 1 aliphatic heterocycles. The first-order valence-electron chi connectivity index (χ1n) is 16.1. The van der Waals surface area contributed by atoms with Gasteiger partial charge in [0.15, 0.2) is 5.60 Å². The fraction of sp³-hybridized carbons (Fsp3) is 0.179. The number of nitrogens with one attached hydrogen (secondary N) is 1. The Morgan fingerprint density at radius 3 is 2.10 bits per heavy atom. The average molecular weight is 693 g/mol. The van der Waals surface area contributed by atoms with Gasteiger partial charge in [0.25, 0.3) is 0 Å². The topological polar surface area (TPSA) is 122 Å². The van der Waals surface area contributed by atoms with Gasteiger partial charge in [-0.2, -0.15) is 4.31 Å². The predicted molar refractivity (Wildman–Crippen MR) is 184 cm³/mol. The van der Waals surface area contributed by atoms with Crippen LogP contribution in [0.5, 0.6) is 5.75 Å². The molecule has 2 N–H and O–H groups in total. The van der Waals surface area contributed by atoms with Gasteiger partial charge in [-0.3, -0.25) is 0 Å². The van der Waals surface area contributed by atoms with Crippen molar-refractivity contribution in [3.63, 3.8) is 0 Å². The fourth-order valence-electron chi connectivity index (χ4n) is 6.67. The molecule has 1 saturated heterocycles. The summed E-state index contributed by atoms with van der Waals surface area (Å²) in [7, 11) is -4.01. The Kier molecular flexibility index (Phi) is 8.85. The molecule has 1 amide bonds. The molecule has 1 fully saturated rings. The summed E-state index contributed by atoms with van der Waals surface area (Å²) in [5, 5.41) is 12.4. The van der Waals surface area contributed by atoms with Crippen LogP contribution in [0.3, 0.4) is 0 Å². The molecule has 0 bridgehead atoms. The van der Waals surface area contributed by atoms with Gasteiger partial charge in [0, 0.05) is 12.3 Å². The predicted octanol–water partition coefficient (Wildman–Crippen LogP) is 6.34. The van der Waals surface area contributed by atoms with Crippen LogP contribution in [-0.2, 0) is 31.6 Å². The van der Waals surface area contributed by atoms with E-state index in [4.69, 9.17) is 9.47 Å². The first kappa shape index (κ1) is 33.0. The van der Waals surface area contributed by atoms with E-state index < -0.39 is 39.5 Å².